The molecular formula is C16H21NO2. The summed E-state index contributed by atoms with van der Waals surface area (Å²) in [6.45, 7) is 1.93. The molecule has 1 aromatic rings. The van der Waals surface area contributed by atoms with E-state index >= 15 is 0 Å². The van der Waals surface area contributed by atoms with Gasteiger partial charge in [0.1, 0.15) is 0 Å². The second-order valence-corrected chi connectivity index (χ2v) is 5.84. The van der Waals surface area contributed by atoms with Crippen molar-refractivity contribution >= 4 is 5.97 Å². The molecule has 1 fully saturated rings. The van der Waals surface area contributed by atoms with Gasteiger partial charge in [0.25, 0.3) is 0 Å². The summed E-state index contributed by atoms with van der Waals surface area (Å²) in [5, 5.41) is 9.05. The Hall–Kier alpha value is -1.35. The van der Waals surface area contributed by atoms with Gasteiger partial charge in [-0.25, -0.2) is 4.79 Å². The highest BCUT2D eigenvalue weighted by molar-refractivity contribution is 5.87. The fourth-order valence-corrected chi connectivity index (χ4v) is 3.44. The number of nitrogens with zero attached hydrogens (tertiary/aromatic N) is 1. The number of carboxylic acids is 1. The molecule has 1 heterocycles. The molecule has 0 spiro atoms. The summed E-state index contributed by atoms with van der Waals surface area (Å²) in [7, 11) is 0. The average molecular weight is 259 g/mol. The van der Waals surface area contributed by atoms with Gasteiger partial charge in [0.05, 0.1) is 5.56 Å². The Labute approximate surface area is 114 Å². The molecule has 1 aliphatic carbocycles. The van der Waals surface area contributed by atoms with Crippen LogP contribution in [0.5, 0.6) is 0 Å². The van der Waals surface area contributed by atoms with Crippen LogP contribution in [-0.4, -0.2) is 22.0 Å². The van der Waals surface area contributed by atoms with E-state index in [0.717, 1.165) is 13.1 Å². The number of rotatable bonds is 2. The number of carbonyl (C=O) groups is 1. The summed E-state index contributed by atoms with van der Waals surface area (Å²) in [5.74, 6) is -0.823. The number of aromatic carboxylic acids is 1. The predicted octanol–water partition coefficient (Wildman–Crippen LogP) is 3.42. The molecule has 2 aliphatic rings. The van der Waals surface area contributed by atoms with Crippen LogP contribution in [0.25, 0.3) is 0 Å². The Morgan fingerprint density at radius 3 is 2.42 bits per heavy atom. The molecule has 1 aromatic carbocycles. The monoisotopic (exact) mass is 259 g/mol. The predicted molar refractivity (Wildman–Crippen MR) is 74.1 cm³/mol. The summed E-state index contributed by atoms with van der Waals surface area (Å²) in [5.41, 5.74) is 2.94. The van der Waals surface area contributed by atoms with E-state index in [1.807, 2.05) is 12.1 Å². The van der Waals surface area contributed by atoms with Crippen LogP contribution in [-0.2, 0) is 13.1 Å². The maximum Gasteiger partial charge on any atom is 0.335 e. The molecular weight excluding hydrogens is 238 g/mol. The van der Waals surface area contributed by atoms with E-state index in [1.54, 1.807) is 6.07 Å². The van der Waals surface area contributed by atoms with Crippen LogP contribution in [0, 0.1) is 0 Å². The number of carboxylic acid groups (broad SMARTS) is 1. The van der Waals surface area contributed by atoms with Crippen LogP contribution in [0.2, 0.25) is 0 Å². The first-order valence-corrected chi connectivity index (χ1v) is 7.33. The third-order valence-corrected chi connectivity index (χ3v) is 4.54. The second-order valence-electron chi connectivity index (χ2n) is 5.84. The third kappa shape index (κ3) is 2.66. The van der Waals surface area contributed by atoms with Gasteiger partial charge in [-0.3, -0.25) is 4.90 Å². The lowest BCUT2D eigenvalue weighted by Gasteiger charge is -2.26. The Balaban J connectivity index is 1.74. The van der Waals surface area contributed by atoms with Crippen molar-refractivity contribution in [3.8, 4) is 0 Å². The van der Waals surface area contributed by atoms with Crippen molar-refractivity contribution in [2.45, 2.75) is 57.7 Å². The van der Waals surface area contributed by atoms with Crippen molar-refractivity contribution in [1.29, 1.82) is 0 Å². The zero-order chi connectivity index (χ0) is 13.2. The summed E-state index contributed by atoms with van der Waals surface area (Å²) in [4.78, 5) is 13.6. The third-order valence-electron chi connectivity index (χ3n) is 4.54. The van der Waals surface area contributed by atoms with Crippen LogP contribution in [0.4, 0.5) is 0 Å². The zero-order valence-corrected chi connectivity index (χ0v) is 11.3. The number of benzene rings is 1. The second kappa shape index (κ2) is 5.33. The molecule has 0 radical (unpaired) electrons. The van der Waals surface area contributed by atoms with Gasteiger partial charge < -0.3 is 5.11 Å². The lowest BCUT2D eigenvalue weighted by molar-refractivity contribution is 0.0696. The fourth-order valence-electron chi connectivity index (χ4n) is 3.44. The highest BCUT2D eigenvalue weighted by Crippen LogP contribution is 2.30. The topological polar surface area (TPSA) is 40.5 Å². The highest BCUT2D eigenvalue weighted by atomic mass is 16.4. The molecule has 0 unspecified atom stereocenters. The van der Waals surface area contributed by atoms with E-state index in [1.165, 1.54) is 49.7 Å². The molecule has 1 N–H and O–H groups in total. The molecule has 3 nitrogen and oxygen atoms in total. The molecule has 19 heavy (non-hydrogen) atoms. The van der Waals surface area contributed by atoms with E-state index in [-0.39, 0.29) is 0 Å². The Morgan fingerprint density at radius 1 is 1.05 bits per heavy atom. The van der Waals surface area contributed by atoms with Crippen molar-refractivity contribution in [3.63, 3.8) is 0 Å². The molecule has 0 bridgehead atoms. The smallest absolute Gasteiger partial charge is 0.335 e. The lowest BCUT2D eigenvalue weighted by Crippen LogP contribution is -2.29. The standard InChI is InChI=1S/C16H21NO2/c18-16(19)12-7-8-13-10-17(11-14(13)9-12)15-5-3-1-2-4-6-15/h7-9,15H,1-6,10-11H2,(H,18,19). The average Bonchev–Trinajstić information content (AvgIpc) is 2.64. The Kier molecular flexibility index (Phi) is 3.56. The molecule has 1 aliphatic heterocycles. The van der Waals surface area contributed by atoms with Crippen LogP contribution >= 0.6 is 0 Å². The van der Waals surface area contributed by atoms with Gasteiger partial charge in [0.2, 0.25) is 0 Å². The molecule has 0 atom stereocenters. The Morgan fingerprint density at radius 2 is 1.74 bits per heavy atom. The maximum atomic E-state index is 11.0. The first-order valence-electron chi connectivity index (χ1n) is 7.33. The molecule has 0 aromatic heterocycles. The van der Waals surface area contributed by atoms with Crippen LogP contribution in [0.15, 0.2) is 18.2 Å². The van der Waals surface area contributed by atoms with E-state index < -0.39 is 5.97 Å². The molecule has 1 saturated carbocycles. The van der Waals surface area contributed by atoms with Crippen molar-refractivity contribution < 1.29 is 9.90 Å². The first-order chi connectivity index (χ1) is 9.24. The van der Waals surface area contributed by atoms with Gasteiger partial charge in [-0.2, -0.15) is 0 Å². The Bertz CT molecular complexity index is 476. The van der Waals surface area contributed by atoms with Crippen molar-refractivity contribution in [2.75, 3.05) is 0 Å². The minimum Gasteiger partial charge on any atom is -0.478 e. The quantitative estimate of drug-likeness (QED) is 0.827. The zero-order valence-electron chi connectivity index (χ0n) is 11.3. The van der Waals surface area contributed by atoms with E-state index in [4.69, 9.17) is 5.11 Å². The summed E-state index contributed by atoms with van der Waals surface area (Å²) >= 11 is 0. The molecule has 102 valence electrons. The molecule has 0 saturated heterocycles. The minimum atomic E-state index is -0.823. The number of fused-ring (bicyclic) bond motifs is 1. The highest BCUT2D eigenvalue weighted by Gasteiger charge is 2.26. The van der Waals surface area contributed by atoms with Crippen molar-refractivity contribution in [3.05, 3.63) is 34.9 Å². The lowest BCUT2D eigenvalue weighted by atomic mass is 10.1. The minimum absolute atomic E-state index is 0.418. The summed E-state index contributed by atoms with van der Waals surface area (Å²) in [6.07, 6.45) is 8.05. The van der Waals surface area contributed by atoms with Gasteiger partial charge in [0.15, 0.2) is 0 Å². The van der Waals surface area contributed by atoms with Gasteiger partial charge in [-0.1, -0.05) is 31.7 Å². The van der Waals surface area contributed by atoms with Crippen LogP contribution < -0.4 is 0 Å². The van der Waals surface area contributed by atoms with Gasteiger partial charge in [-0.15, -0.1) is 0 Å². The van der Waals surface area contributed by atoms with E-state index in [9.17, 15) is 4.79 Å². The maximum absolute atomic E-state index is 11.0. The largest absolute Gasteiger partial charge is 0.478 e. The van der Waals surface area contributed by atoms with Crippen LogP contribution in [0.1, 0.15) is 60.0 Å². The van der Waals surface area contributed by atoms with E-state index in [0.29, 0.717) is 11.6 Å². The molecule has 3 rings (SSSR count). The number of hydrogen-bond donors (Lipinski definition) is 1. The fraction of sp³-hybridized carbons (Fsp3) is 0.562. The molecule has 3 heteroatoms. The first kappa shape index (κ1) is 12.7. The van der Waals surface area contributed by atoms with Gasteiger partial charge in [0, 0.05) is 19.1 Å². The van der Waals surface area contributed by atoms with Gasteiger partial charge >= 0.3 is 5.97 Å². The normalized spacial score (nSPS) is 21.1. The van der Waals surface area contributed by atoms with E-state index in [2.05, 4.69) is 4.90 Å². The van der Waals surface area contributed by atoms with Gasteiger partial charge in [-0.05, 0) is 36.1 Å². The summed E-state index contributed by atoms with van der Waals surface area (Å²) in [6, 6.07) is 6.28. The van der Waals surface area contributed by atoms with Crippen molar-refractivity contribution in [2.24, 2.45) is 0 Å². The molecule has 0 amide bonds. The van der Waals surface area contributed by atoms with Crippen LogP contribution in [0.3, 0.4) is 0 Å². The SMILES string of the molecule is O=C(O)c1ccc2c(c1)CN(C1CCCCCC1)C2. The summed E-state index contributed by atoms with van der Waals surface area (Å²) < 4.78 is 0. The van der Waals surface area contributed by atoms with Crippen molar-refractivity contribution in [1.82, 2.24) is 4.90 Å². The number of hydrogen-bond acceptors (Lipinski definition) is 2.